The summed E-state index contributed by atoms with van der Waals surface area (Å²) in [4.78, 5) is 15.9. The maximum absolute atomic E-state index is 13.9. The standard InChI is InChI=1S/C19H21F2N3O.2ClH/c20-15-6-7-16(21)18(13-15)23-9-11-24(12-10-23)19(25)8-5-14-3-1-2-4-17(14)22;;/h1-4,6-7,13H,5,8-12,22H2;2*1H. The van der Waals surface area contributed by atoms with Crippen LogP contribution in [0.3, 0.4) is 0 Å². The lowest BCUT2D eigenvalue weighted by molar-refractivity contribution is -0.131. The molecule has 8 heteroatoms. The van der Waals surface area contributed by atoms with E-state index in [1.54, 1.807) is 9.80 Å². The van der Waals surface area contributed by atoms with Gasteiger partial charge in [0.05, 0.1) is 5.69 Å². The van der Waals surface area contributed by atoms with E-state index in [4.69, 9.17) is 5.73 Å². The molecule has 4 nitrogen and oxygen atoms in total. The van der Waals surface area contributed by atoms with Crippen LogP contribution in [0, 0.1) is 11.6 Å². The zero-order valence-corrected chi connectivity index (χ0v) is 16.4. The van der Waals surface area contributed by atoms with Gasteiger partial charge in [0, 0.05) is 44.4 Å². The van der Waals surface area contributed by atoms with E-state index in [9.17, 15) is 13.6 Å². The number of aryl methyl sites for hydroxylation is 1. The largest absolute Gasteiger partial charge is 0.399 e. The maximum Gasteiger partial charge on any atom is 0.223 e. The molecular formula is C19H23Cl2F2N3O. The molecule has 1 heterocycles. The van der Waals surface area contributed by atoms with Gasteiger partial charge in [-0.1, -0.05) is 18.2 Å². The number of nitrogens with zero attached hydrogens (tertiary/aromatic N) is 2. The molecule has 0 radical (unpaired) electrons. The Bertz CT molecular complexity index is 768. The lowest BCUT2D eigenvalue weighted by Gasteiger charge is -2.36. The van der Waals surface area contributed by atoms with Crippen LogP contribution in [0.4, 0.5) is 20.2 Å². The molecule has 27 heavy (non-hydrogen) atoms. The van der Waals surface area contributed by atoms with Crippen LogP contribution in [0.2, 0.25) is 0 Å². The van der Waals surface area contributed by atoms with Crippen molar-refractivity contribution >= 4 is 42.1 Å². The summed E-state index contributed by atoms with van der Waals surface area (Å²) in [7, 11) is 0. The summed E-state index contributed by atoms with van der Waals surface area (Å²) in [5.41, 5.74) is 7.82. The number of anilines is 2. The van der Waals surface area contributed by atoms with E-state index in [2.05, 4.69) is 0 Å². The molecule has 0 atom stereocenters. The summed E-state index contributed by atoms with van der Waals surface area (Å²) in [5, 5.41) is 0. The maximum atomic E-state index is 13.9. The number of para-hydroxylation sites is 1. The van der Waals surface area contributed by atoms with Gasteiger partial charge in [-0.15, -0.1) is 24.8 Å². The summed E-state index contributed by atoms with van der Waals surface area (Å²) in [6.45, 7) is 1.97. The van der Waals surface area contributed by atoms with Crippen LogP contribution in [0.15, 0.2) is 42.5 Å². The normalized spacial score (nSPS) is 13.6. The van der Waals surface area contributed by atoms with Gasteiger partial charge < -0.3 is 15.5 Å². The molecular weight excluding hydrogens is 395 g/mol. The highest BCUT2D eigenvalue weighted by Crippen LogP contribution is 2.22. The number of rotatable bonds is 4. The van der Waals surface area contributed by atoms with E-state index in [0.29, 0.717) is 44.7 Å². The Morgan fingerprint density at radius 3 is 2.33 bits per heavy atom. The number of hydrogen-bond donors (Lipinski definition) is 1. The second-order valence-corrected chi connectivity index (χ2v) is 6.16. The molecule has 2 aromatic rings. The molecule has 0 spiro atoms. The van der Waals surface area contributed by atoms with E-state index >= 15 is 0 Å². The molecule has 0 bridgehead atoms. The van der Waals surface area contributed by atoms with Crippen molar-refractivity contribution < 1.29 is 13.6 Å². The molecule has 2 aromatic carbocycles. The van der Waals surface area contributed by atoms with Crippen molar-refractivity contribution in [2.45, 2.75) is 12.8 Å². The van der Waals surface area contributed by atoms with Crippen LogP contribution in [-0.2, 0) is 11.2 Å². The molecule has 1 saturated heterocycles. The molecule has 0 saturated carbocycles. The minimum atomic E-state index is -0.463. The number of halogens is 4. The third-order valence-electron chi connectivity index (χ3n) is 4.54. The highest BCUT2D eigenvalue weighted by Gasteiger charge is 2.23. The molecule has 1 aliphatic rings. The molecule has 1 aliphatic heterocycles. The monoisotopic (exact) mass is 417 g/mol. The number of carbonyl (C=O) groups excluding carboxylic acids is 1. The van der Waals surface area contributed by atoms with Gasteiger partial charge in [0.1, 0.15) is 11.6 Å². The van der Waals surface area contributed by atoms with E-state index < -0.39 is 11.6 Å². The van der Waals surface area contributed by atoms with Gasteiger partial charge in [-0.2, -0.15) is 0 Å². The first kappa shape index (κ1) is 23.0. The fourth-order valence-corrected chi connectivity index (χ4v) is 3.09. The van der Waals surface area contributed by atoms with Crippen molar-refractivity contribution in [2.75, 3.05) is 36.8 Å². The Morgan fingerprint density at radius 2 is 1.67 bits per heavy atom. The first-order chi connectivity index (χ1) is 12.0. The smallest absolute Gasteiger partial charge is 0.223 e. The Balaban J connectivity index is 0.00000182. The second kappa shape index (κ2) is 10.3. The van der Waals surface area contributed by atoms with Crippen LogP contribution in [-0.4, -0.2) is 37.0 Å². The fraction of sp³-hybridized carbons (Fsp3) is 0.316. The van der Waals surface area contributed by atoms with Crippen LogP contribution >= 0.6 is 24.8 Å². The van der Waals surface area contributed by atoms with Crippen molar-refractivity contribution in [3.63, 3.8) is 0 Å². The molecule has 3 rings (SSSR count). The third kappa shape index (κ3) is 5.71. The number of amides is 1. The van der Waals surface area contributed by atoms with Crippen LogP contribution in [0.1, 0.15) is 12.0 Å². The second-order valence-electron chi connectivity index (χ2n) is 6.16. The van der Waals surface area contributed by atoms with E-state index in [1.807, 2.05) is 24.3 Å². The van der Waals surface area contributed by atoms with Crippen LogP contribution in [0.25, 0.3) is 0 Å². The van der Waals surface area contributed by atoms with Gasteiger partial charge in [-0.3, -0.25) is 4.79 Å². The number of nitrogen functional groups attached to an aromatic ring is 1. The van der Waals surface area contributed by atoms with E-state index in [-0.39, 0.29) is 36.4 Å². The molecule has 2 N–H and O–H groups in total. The van der Waals surface area contributed by atoms with Gasteiger partial charge in [0.15, 0.2) is 0 Å². The van der Waals surface area contributed by atoms with E-state index in [1.165, 1.54) is 6.07 Å². The fourth-order valence-electron chi connectivity index (χ4n) is 3.09. The summed E-state index contributed by atoms with van der Waals surface area (Å²) < 4.78 is 27.2. The summed E-state index contributed by atoms with van der Waals surface area (Å²) in [6, 6.07) is 11.0. The topological polar surface area (TPSA) is 49.6 Å². The zero-order chi connectivity index (χ0) is 17.8. The van der Waals surface area contributed by atoms with Gasteiger partial charge >= 0.3 is 0 Å². The first-order valence-electron chi connectivity index (χ1n) is 8.36. The number of piperazine rings is 1. The zero-order valence-electron chi connectivity index (χ0n) is 14.7. The highest BCUT2D eigenvalue weighted by molar-refractivity contribution is 5.85. The molecule has 0 aliphatic carbocycles. The summed E-state index contributed by atoms with van der Waals surface area (Å²) >= 11 is 0. The summed E-state index contributed by atoms with van der Waals surface area (Å²) in [5.74, 6) is -0.848. The third-order valence-corrected chi connectivity index (χ3v) is 4.54. The Kier molecular flexibility index (Phi) is 8.79. The van der Waals surface area contributed by atoms with Gasteiger partial charge in [-0.05, 0) is 30.2 Å². The van der Waals surface area contributed by atoms with Crippen molar-refractivity contribution in [3.05, 3.63) is 59.7 Å². The van der Waals surface area contributed by atoms with Crippen LogP contribution in [0.5, 0.6) is 0 Å². The Hall–Kier alpha value is -2.05. The van der Waals surface area contributed by atoms with Crippen molar-refractivity contribution in [3.8, 4) is 0 Å². The Labute approximate surface area is 170 Å². The minimum absolute atomic E-state index is 0. The molecule has 1 amide bonds. The predicted molar refractivity (Wildman–Crippen MR) is 109 cm³/mol. The predicted octanol–water partition coefficient (Wildman–Crippen LogP) is 3.67. The number of hydrogen-bond acceptors (Lipinski definition) is 3. The van der Waals surface area contributed by atoms with Crippen LogP contribution < -0.4 is 10.6 Å². The number of benzene rings is 2. The van der Waals surface area contributed by atoms with Crippen molar-refractivity contribution in [2.24, 2.45) is 0 Å². The van der Waals surface area contributed by atoms with Gasteiger partial charge in [0.2, 0.25) is 5.91 Å². The van der Waals surface area contributed by atoms with Gasteiger partial charge in [-0.25, -0.2) is 8.78 Å². The average molecular weight is 418 g/mol. The van der Waals surface area contributed by atoms with Crippen molar-refractivity contribution in [1.82, 2.24) is 4.90 Å². The molecule has 0 unspecified atom stereocenters. The minimum Gasteiger partial charge on any atom is -0.399 e. The number of carbonyl (C=O) groups is 1. The lowest BCUT2D eigenvalue weighted by Crippen LogP contribution is -2.49. The molecule has 0 aromatic heterocycles. The quantitative estimate of drug-likeness (QED) is 0.771. The average Bonchev–Trinajstić information content (AvgIpc) is 2.63. The summed E-state index contributed by atoms with van der Waals surface area (Å²) in [6.07, 6.45) is 0.993. The highest BCUT2D eigenvalue weighted by atomic mass is 35.5. The lowest BCUT2D eigenvalue weighted by atomic mass is 10.1. The van der Waals surface area contributed by atoms with Crippen molar-refractivity contribution in [1.29, 1.82) is 0 Å². The van der Waals surface area contributed by atoms with Gasteiger partial charge in [0.25, 0.3) is 0 Å². The number of nitrogens with two attached hydrogens (primary N) is 1. The van der Waals surface area contributed by atoms with E-state index in [0.717, 1.165) is 17.7 Å². The Morgan fingerprint density at radius 1 is 1.00 bits per heavy atom. The molecule has 148 valence electrons. The molecule has 1 fully saturated rings. The SMILES string of the molecule is Cl.Cl.Nc1ccccc1CCC(=O)N1CCN(c2cc(F)ccc2F)CC1. The first-order valence-corrected chi connectivity index (χ1v) is 8.36.